The van der Waals surface area contributed by atoms with Crippen LogP contribution in [0.2, 0.25) is 0 Å². The number of ether oxygens (including phenoxy) is 2. The van der Waals surface area contributed by atoms with Crippen LogP contribution in [0, 0.1) is 0 Å². The SMILES string of the molecule is COCCOCCNCCCC(C)O. The van der Waals surface area contributed by atoms with Crippen molar-refractivity contribution >= 4 is 0 Å². The van der Waals surface area contributed by atoms with E-state index in [9.17, 15) is 0 Å². The Morgan fingerprint density at radius 2 is 2.00 bits per heavy atom. The molecule has 1 unspecified atom stereocenters. The third-order valence-electron chi connectivity index (χ3n) is 1.83. The van der Waals surface area contributed by atoms with E-state index in [0.717, 1.165) is 32.5 Å². The lowest BCUT2D eigenvalue weighted by Crippen LogP contribution is -2.22. The summed E-state index contributed by atoms with van der Waals surface area (Å²) in [5.41, 5.74) is 0. The summed E-state index contributed by atoms with van der Waals surface area (Å²) in [7, 11) is 1.66. The molecule has 0 saturated carbocycles. The van der Waals surface area contributed by atoms with Crippen LogP contribution in [-0.4, -0.2) is 51.2 Å². The van der Waals surface area contributed by atoms with Crippen LogP contribution >= 0.6 is 0 Å². The Bertz CT molecular complexity index is 110. The molecule has 86 valence electrons. The second-order valence-corrected chi connectivity index (χ2v) is 3.35. The summed E-state index contributed by atoms with van der Waals surface area (Å²) >= 11 is 0. The Labute approximate surface area is 86.6 Å². The molecule has 0 aliphatic heterocycles. The summed E-state index contributed by atoms with van der Waals surface area (Å²) in [6, 6.07) is 0. The van der Waals surface area contributed by atoms with Gasteiger partial charge in [0.15, 0.2) is 0 Å². The van der Waals surface area contributed by atoms with Gasteiger partial charge in [0.05, 0.1) is 25.9 Å². The molecule has 0 bridgehead atoms. The van der Waals surface area contributed by atoms with Crippen LogP contribution in [0.1, 0.15) is 19.8 Å². The third-order valence-corrected chi connectivity index (χ3v) is 1.83. The topological polar surface area (TPSA) is 50.7 Å². The molecule has 1 atom stereocenters. The second-order valence-electron chi connectivity index (χ2n) is 3.35. The molecule has 0 aliphatic rings. The first kappa shape index (κ1) is 13.8. The van der Waals surface area contributed by atoms with Gasteiger partial charge in [-0.3, -0.25) is 0 Å². The van der Waals surface area contributed by atoms with E-state index in [1.54, 1.807) is 7.11 Å². The molecule has 4 heteroatoms. The second kappa shape index (κ2) is 10.9. The molecule has 0 spiro atoms. The van der Waals surface area contributed by atoms with Gasteiger partial charge in [-0.2, -0.15) is 0 Å². The molecular weight excluding hydrogens is 182 g/mol. The van der Waals surface area contributed by atoms with Gasteiger partial charge in [-0.15, -0.1) is 0 Å². The zero-order valence-corrected chi connectivity index (χ0v) is 9.29. The van der Waals surface area contributed by atoms with Gasteiger partial charge in [0.1, 0.15) is 0 Å². The van der Waals surface area contributed by atoms with Crippen LogP contribution in [0.4, 0.5) is 0 Å². The molecule has 14 heavy (non-hydrogen) atoms. The maximum atomic E-state index is 8.99. The number of hydrogen-bond donors (Lipinski definition) is 2. The lowest BCUT2D eigenvalue weighted by atomic mass is 10.2. The van der Waals surface area contributed by atoms with Crippen LogP contribution in [0.25, 0.3) is 0 Å². The van der Waals surface area contributed by atoms with E-state index < -0.39 is 0 Å². The lowest BCUT2D eigenvalue weighted by Gasteiger charge is -2.06. The minimum atomic E-state index is -0.185. The molecule has 2 N–H and O–H groups in total. The Morgan fingerprint density at radius 3 is 2.64 bits per heavy atom. The van der Waals surface area contributed by atoms with E-state index in [-0.39, 0.29) is 6.10 Å². The van der Waals surface area contributed by atoms with Crippen molar-refractivity contribution in [3.05, 3.63) is 0 Å². The zero-order chi connectivity index (χ0) is 10.6. The van der Waals surface area contributed by atoms with Crippen molar-refractivity contribution in [2.75, 3.05) is 40.0 Å². The molecule has 0 radical (unpaired) electrons. The minimum Gasteiger partial charge on any atom is -0.393 e. The van der Waals surface area contributed by atoms with Crippen molar-refractivity contribution in [3.8, 4) is 0 Å². The molecule has 0 rings (SSSR count). The Morgan fingerprint density at radius 1 is 1.21 bits per heavy atom. The van der Waals surface area contributed by atoms with Crippen molar-refractivity contribution in [2.45, 2.75) is 25.9 Å². The predicted molar refractivity (Wildman–Crippen MR) is 56.5 cm³/mol. The molecule has 0 aromatic carbocycles. The van der Waals surface area contributed by atoms with Crippen molar-refractivity contribution in [2.24, 2.45) is 0 Å². The Hall–Kier alpha value is -0.160. The van der Waals surface area contributed by atoms with Crippen LogP contribution in [0.3, 0.4) is 0 Å². The predicted octanol–water partition coefficient (Wildman–Crippen LogP) is 0.400. The number of nitrogens with one attached hydrogen (secondary N) is 1. The normalized spacial score (nSPS) is 13.1. The first-order valence-corrected chi connectivity index (χ1v) is 5.23. The number of aliphatic hydroxyl groups is 1. The Kier molecular flexibility index (Phi) is 10.8. The van der Waals surface area contributed by atoms with Crippen molar-refractivity contribution in [1.29, 1.82) is 0 Å². The number of aliphatic hydroxyl groups excluding tert-OH is 1. The van der Waals surface area contributed by atoms with Crippen LogP contribution in [-0.2, 0) is 9.47 Å². The van der Waals surface area contributed by atoms with Gasteiger partial charge in [0, 0.05) is 13.7 Å². The molecule has 0 fully saturated rings. The van der Waals surface area contributed by atoms with Gasteiger partial charge in [0.2, 0.25) is 0 Å². The number of hydrogen-bond acceptors (Lipinski definition) is 4. The summed E-state index contributed by atoms with van der Waals surface area (Å²) in [5, 5.41) is 12.2. The van der Waals surface area contributed by atoms with E-state index in [2.05, 4.69) is 5.32 Å². The highest BCUT2D eigenvalue weighted by Gasteiger charge is 1.94. The first-order chi connectivity index (χ1) is 6.77. The Balaban J connectivity index is 2.85. The average molecular weight is 205 g/mol. The molecule has 0 amide bonds. The highest BCUT2D eigenvalue weighted by atomic mass is 16.5. The van der Waals surface area contributed by atoms with Gasteiger partial charge in [-0.05, 0) is 26.3 Å². The monoisotopic (exact) mass is 205 g/mol. The molecule has 0 aromatic rings. The largest absolute Gasteiger partial charge is 0.393 e. The van der Waals surface area contributed by atoms with Gasteiger partial charge >= 0.3 is 0 Å². The number of rotatable bonds is 10. The van der Waals surface area contributed by atoms with Crippen LogP contribution in [0.15, 0.2) is 0 Å². The third kappa shape index (κ3) is 11.8. The average Bonchev–Trinajstić information content (AvgIpc) is 2.15. The maximum absolute atomic E-state index is 8.99. The fraction of sp³-hybridized carbons (Fsp3) is 1.00. The van der Waals surface area contributed by atoms with E-state index >= 15 is 0 Å². The van der Waals surface area contributed by atoms with E-state index in [1.807, 2.05) is 6.92 Å². The summed E-state index contributed by atoms with van der Waals surface area (Å²) in [6.07, 6.45) is 1.68. The smallest absolute Gasteiger partial charge is 0.0700 e. The lowest BCUT2D eigenvalue weighted by molar-refractivity contribution is 0.0719. The van der Waals surface area contributed by atoms with Gasteiger partial charge in [-0.25, -0.2) is 0 Å². The fourth-order valence-electron chi connectivity index (χ4n) is 1.04. The molecular formula is C10H23NO3. The van der Waals surface area contributed by atoms with Crippen LogP contribution in [0.5, 0.6) is 0 Å². The van der Waals surface area contributed by atoms with Crippen molar-refractivity contribution in [1.82, 2.24) is 5.32 Å². The minimum absolute atomic E-state index is 0.185. The first-order valence-electron chi connectivity index (χ1n) is 5.23. The van der Waals surface area contributed by atoms with E-state index in [1.165, 1.54) is 0 Å². The van der Waals surface area contributed by atoms with E-state index in [4.69, 9.17) is 14.6 Å². The molecule has 4 nitrogen and oxygen atoms in total. The molecule has 0 aliphatic carbocycles. The molecule has 0 heterocycles. The summed E-state index contributed by atoms with van der Waals surface area (Å²) in [6.45, 7) is 5.65. The van der Waals surface area contributed by atoms with Crippen molar-refractivity contribution < 1.29 is 14.6 Å². The van der Waals surface area contributed by atoms with Crippen LogP contribution < -0.4 is 5.32 Å². The van der Waals surface area contributed by atoms with Crippen molar-refractivity contribution in [3.63, 3.8) is 0 Å². The van der Waals surface area contributed by atoms with Gasteiger partial charge in [0.25, 0.3) is 0 Å². The maximum Gasteiger partial charge on any atom is 0.0700 e. The van der Waals surface area contributed by atoms with Gasteiger partial charge in [-0.1, -0.05) is 0 Å². The molecule has 0 aromatic heterocycles. The highest BCUT2D eigenvalue weighted by molar-refractivity contribution is 4.51. The summed E-state index contributed by atoms with van der Waals surface area (Å²) in [5.74, 6) is 0. The standard InChI is InChI=1S/C10H23NO3/c1-10(12)4-3-5-11-6-7-14-9-8-13-2/h10-12H,3-9H2,1-2H3. The molecule has 0 saturated heterocycles. The number of methoxy groups -OCH3 is 1. The fourth-order valence-corrected chi connectivity index (χ4v) is 1.04. The van der Waals surface area contributed by atoms with E-state index in [0.29, 0.717) is 13.2 Å². The highest BCUT2D eigenvalue weighted by Crippen LogP contribution is 1.92. The summed E-state index contributed by atoms with van der Waals surface area (Å²) < 4.78 is 10.1. The quantitative estimate of drug-likeness (QED) is 0.507. The zero-order valence-electron chi connectivity index (χ0n) is 9.29. The summed E-state index contributed by atoms with van der Waals surface area (Å²) in [4.78, 5) is 0. The van der Waals surface area contributed by atoms with Gasteiger partial charge < -0.3 is 19.9 Å².